The largest absolute Gasteiger partial charge is 0.366 e. The third kappa shape index (κ3) is 4.09. The first-order valence-corrected chi connectivity index (χ1v) is 8.30. The van der Waals surface area contributed by atoms with Crippen molar-refractivity contribution >= 4 is 17.4 Å². The van der Waals surface area contributed by atoms with Gasteiger partial charge < -0.3 is 9.80 Å². The number of carbonyl (C=O) groups excluding carboxylic acids is 2. The van der Waals surface area contributed by atoms with Crippen LogP contribution in [0.5, 0.6) is 0 Å². The summed E-state index contributed by atoms with van der Waals surface area (Å²) in [5.41, 5.74) is 0.941. The first-order chi connectivity index (χ1) is 10.9. The van der Waals surface area contributed by atoms with Gasteiger partial charge in [0, 0.05) is 44.1 Å². The topological polar surface area (TPSA) is 40.6 Å². The standard InChI is InChI=1S/C18H25FN2O2/c1-4-5-17(22)14-6-7-16(15(19)12-14)20-8-10-21(11-9-20)18(23)13(2)3/h6-7,12-13H,4-5,8-11H2,1-3H3. The first kappa shape index (κ1) is 17.4. The predicted octanol–water partition coefficient (Wildman–Crippen LogP) is 3.11. The van der Waals surface area contributed by atoms with Gasteiger partial charge in [0.15, 0.2) is 5.78 Å². The second kappa shape index (κ2) is 7.57. The number of anilines is 1. The van der Waals surface area contributed by atoms with Crippen molar-refractivity contribution in [3.63, 3.8) is 0 Å². The van der Waals surface area contributed by atoms with Gasteiger partial charge in [0.2, 0.25) is 5.91 Å². The lowest BCUT2D eigenvalue weighted by Crippen LogP contribution is -2.50. The quantitative estimate of drug-likeness (QED) is 0.783. The van der Waals surface area contributed by atoms with Crippen LogP contribution < -0.4 is 4.90 Å². The molecule has 0 N–H and O–H groups in total. The first-order valence-electron chi connectivity index (χ1n) is 8.30. The molecule has 0 aromatic heterocycles. The van der Waals surface area contributed by atoms with E-state index in [0.29, 0.717) is 43.9 Å². The van der Waals surface area contributed by atoms with Crippen LogP contribution in [0.1, 0.15) is 44.0 Å². The van der Waals surface area contributed by atoms with E-state index in [4.69, 9.17) is 0 Å². The van der Waals surface area contributed by atoms with Gasteiger partial charge in [0.05, 0.1) is 5.69 Å². The minimum Gasteiger partial charge on any atom is -0.366 e. The molecule has 0 bridgehead atoms. The fourth-order valence-corrected chi connectivity index (χ4v) is 2.84. The zero-order valence-corrected chi connectivity index (χ0v) is 14.1. The maximum Gasteiger partial charge on any atom is 0.225 e. The molecule has 23 heavy (non-hydrogen) atoms. The summed E-state index contributed by atoms with van der Waals surface area (Å²) in [5, 5.41) is 0. The highest BCUT2D eigenvalue weighted by atomic mass is 19.1. The number of hydrogen-bond acceptors (Lipinski definition) is 3. The molecule has 2 rings (SSSR count). The van der Waals surface area contributed by atoms with Crippen LogP contribution in [0.3, 0.4) is 0 Å². The Balaban J connectivity index is 2.04. The molecule has 0 saturated carbocycles. The van der Waals surface area contributed by atoms with E-state index >= 15 is 0 Å². The highest BCUT2D eigenvalue weighted by Crippen LogP contribution is 2.23. The van der Waals surface area contributed by atoms with Gasteiger partial charge in [-0.15, -0.1) is 0 Å². The number of piperazine rings is 1. The molecular weight excluding hydrogens is 295 g/mol. The molecule has 1 aromatic carbocycles. The lowest BCUT2D eigenvalue weighted by molar-refractivity contribution is -0.134. The third-order valence-electron chi connectivity index (χ3n) is 4.17. The molecule has 1 amide bonds. The molecule has 0 spiro atoms. The number of carbonyl (C=O) groups is 2. The fourth-order valence-electron chi connectivity index (χ4n) is 2.84. The Hall–Kier alpha value is -1.91. The van der Waals surface area contributed by atoms with Gasteiger partial charge in [-0.1, -0.05) is 20.8 Å². The highest BCUT2D eigenvalue weighted by molar-refractivity contribution is 5.96. The third-order valence-corrected chi connectivity index (χ3v) is 4.17. The summed E-state index contributed by atoms with van der Waals surface area (Å²) in [6.45, 7) is 8.14. The van der Waals surface area contributed by atoms with Crippen molar-refractivity contribution in [1.29, 1.82) is 0 Å². The molecule has 126 valence electrons. The van der Waals surface area contributed by atoms with Crippen LogP contribution in [0.4, 0.5) is 10.1 Å². The highest BCUT2D eigenvalue weighted by Gasteiger charge is 2.24. The molecular formula is C18H25FN2O2. The lowest BCUT2D eigenvalue weighted by atomic mass is 10.1. The van der Waals surface area contributed by atoms with E-state index in [0.717, 1.165) is 6.42 Å². The molecule has 1 aliphatic heterocycles. The van der Waals surface area contributed by atoms with Gasteiger partial charge in [-0.25, -0.2) is 4.39 Å². The molecule has 1 saturated heterocycles. The number of benzene rings is 1. The van der Waals surface area contributed by atoms with Gasteiger partial charge in [0.25, 0.3) is 0 Å². The Morgan fingerprint density at radius 1 is 1.17 bits per heavy atom. The number of rotatable bonds is 5. The molecule has 1 aromatic rings. The smallest absolute Gasteiger partial charge is 0.225 e. The Morgan fingerprint density at radius 3 is 2.35 bits per heavy atom. The molecule has 1 heterocycles. The zero-order valence-electron chi connectivity index (χ0n) is 14.1. The van der Waals surface area contributed by atoms with Crippen molar-refractivity contribution in [2.75, 3.05) is 31.1 Å². The van der Waals surface area contributed by atoms with Crippen molar-refractivity contribution in [2.45, 2.75) is 33.6 Å². The molecule has 5 heteroatoms. The van der Waals surface area contributed by atoms with E-state index in [2.05, 4.69) is 0 Å². The summed E-state index contributed by atoms with van der Waals surface area (Å²) in [6, 6.07) is 4.71. The summed E-state index contributed by atoms with van der Waals surface area (Å²) in [4.78, 5) is 27.6. The number of amides is 1. The average Bonchev–Trinajstić information content (AvgIpc) is 2.54. The van der Waals surface area contributed by atoms with Crippen molar-refractivity contribution < 1.29 is 14.0 Å². The summed E-state index contributed by atoms with van der Waals surface area (Å²) in [5.74, 6) is -0.256. The van der Waals surface area contributed by atoms with Crippen LogP contribution in [0.15, 0.2) is 18.2 Å². The molecule has 0 radical (unpaired) electrons. The van der Waals surface area contributed by atoms with E-state index in [9.17, 15) is 14.0 Å². The van der Waals surface area contributed by atoms with Crippen LogP contribution in [0.2, 0.25) is 0 Å². The normalized spacial score (nSPS) is 15.2. The lowest BCUT2D eigenvalue weighted by Gasteiger charge is -2.37. The Morgan fingerprint density at radius 2 is 1.83 bits per heavy atom. The summed E-state index contributed by atoms with van der Waals surface area (Å²) < 4.78 is 14.3. The maximum absolute atomic E-state index is 14.3. The molecule has 1 fully saturated rings. The minimum absolute atomic E-state index is 0.0119. The van der Waals surface area contributed by atoms with Crippen LogP contribution in [-0.2, 0) is 4.79 Å². The van der Waals surface area contributed by atoms with Gasteiger partial charge in [0.1, 0.15) is 5.82 Å². The fraction of sp³-hybridized carbons (Fsp3) is 0.556. The van der Waals surface area contributed by atoms with Crippen LogP contribution >= 0.6 is 0 Å². The summed E-state index contributed by atoms with van der Waals surface area (Å²) in [7, 11) is 0. The molecule has 4 nitrogen and oxygen atoms in total. The monoisotopic (exact) mass is 320 g/mol. The van der Waals surface area contributed by atoms with E-state index < -0.39 is 0 Å². The van der Waals surface area contributed by atoms with Gasteiger partial charge >= 0.3 is 0 Å². The van der Waals surface area contributed by atoms with Crippen LogP contribution in [-0.4, -0.2) is 42.8 Å². The number of nitrogens with zero attached hydrogens (tertiary/aromatic N) is 2. The maximum atomic E-state index is 14.3. The van der Waals surface area contributed by atoms with Crippen LogP contribution in [0, 0.1) is 11.7 Å². The molecule has 0 aliphatic carbocycles. The zero-order chi connectivity index (χ0) is 17.0. The molecule has 1 aliphatic rings. The molecule has 0 unspecified atom stereocenters. The number of halogens is 1. The molecule has 0 atom stereocenters. The second-order valence-corrected chi connectivity index (χ2v) is 6.31. The van der Waals surface area contributed by atoms with Crippen LogP contribution in [0.25, 0.3) is 0 Å². The number of Topliss-reactive ketones (excluding diaryl/α,β-unsaturated/α-hetero) is 1. The number of hydrogen-bond donors (Lipinski definition) is 0. The van der Waals surface area contributed by atoms with Crippen molar-refractivity contribution in [1.82, 2.24) is 4.90 Å². The van der Waals surface area contributed by atoms with Gasteiger partial charge in [-0.3, -0.25) is 9.59 Å². The SMILES string of the molecule is CCCC(=O)c1ccc(N2CCN(C(=O)C(C)C)CC2)c(F)c1. The average molecular weight is 320 g/mol. The Labute approximate surface area is 137 Å². The second-order valence-electron chi connectivity index (χ2n) is 6.31. The van der Waals surface area contributed by atoms with Gasteiger partial charge in [-0.05, 0) is 24.6 Å². The van der Waals surface area contributed by atoms with Crippen molar-refractivity contribution in [3.8, 4) is 0 Å². The Kier molecular flexibility index (Phi) is 5.74. The number of ketones is 1. The van der Waals surface area contributed by atoms with Crippen molar-refractivity contribution in [2.24, 2.45) is 5.92 Å². The summed E-state index contributed by atoms with van der Waals surface area (Å²) in [6.07, 6.45) is 1.20. The van der Waals surface area contributed by atoms with E-state index in [-0.39, 0.29) is 23.4 Å². The minimum atomic E-state index is -0.365. The summed E-state index contributed by atoms with van der Waals surface area (Å²) >= 11 is 0. The van der Waals surface area contributed by atoms with Crippen molar-refractivity contribution in [3.05, 3.63) is 29.6 Å². The Bertz CT molecular complexity index is 578. The predicted molar refractivity (Wildman–Crippen MR) is 89.3 cm³/mol. The van der Waals surface area contributed by atoms with E-state index in [1.54, 1.807) is 12.1 Å². The van der Waals surface area contributed by atoms with E-state index in [1.165, 1.54) is 6.07 Å². The van der Waals surface area contributed by atoms with E-state index in [1.807, 2.05) is 30.6 Å². The van der Waals surface area contributed by atoms with Gasteiger partial charge in [-0.2, -0.15) is 0 Å².